The van der Waals surface area contributed by atoms with E-state index in [2.05, 4.69) is 20.4 Å². The molecule has 1 heterocycles. The number of aryl methyl sites for hydroxylation is 2. The molecule has 0 bridgehead atoms. The maximum atomic E-state index is 13.9. The molecule has 8 heteroatoms. The van der Waals surface area contributed by atoms with Gasteiger partial charge in [-0.15, -0.1) is 0 Å². The van der Waals surface area contributed by atoms with Crippen molar-refractivity contribution in [2.45, 2.75) is 25.7 Å². The van der Waals surface area contributed by atoms with E-state index >= 15 is 0 Å². The van der Waals surface area contributed by atoms with E-state index in [1.807, 2.05) is 0 Å². The van der Waals surface area contributed by atoms with Crippen LogP contribution < -0.4 is 10.6 Å². The van der Waals surface area contributed by atoms with Crippen molar-refractivity contribution in [3.05, 3.63) is 53.7 Å². The van der Waals surface area contributed by atoms with Gasteiger partial charge in [-0.25, -0.2) is 9.78 Å². The van der Waals surface area contributed by atoms with Crippen molar-refractivity contribution < 1.29 is 22.7 Å². The predicted octanol–water partition coefficient (Wildman–Crippen LogP) is 3.65. The van der Waals surface area contributed by atoms with Crippen LogP contribution >= 0.6 is 0 Å². The molecule has 0 aliphatic rings. The quantitative estimate of drug-likeness (QED) is 0.635. The summed E-state index contributed by atoms with van der Waals surface area (Å²) < 4.78 is 46.2. The largest absolute Gasteiger partial charge is 0.466 e. The minimum atomic E-state index is -5.00. The Labute approximate surface area is 143 Å². The van der Waals surface area contributed by atoms with Crippen molar-refractivity contribution in [1.29, 1.82) is 0 Å². The molecule has 0 aliphatic heterocycles. The lowest BCUT2D eigenvalue weighted by Gasteiger charge is -2.35. The van der Waals surface area contributed by atoms with Crippen LogP contribution in [0.2, 0.25) is 0 Å². The summed E-state index contributed by atoms with van der Waals surface area (Å²) in [6.45, 7) is 3.50. The lowest BCUT2D eigenvalue weighted by Crippen LogP contribution is -2.64. The second kappa shape index (κ2) is 7.00. The van der Waals surface area contributed by atoms with E-state index in [0.29, 0.717) is 5.56 Å². The highest BCUT2D eigenvalue weighted by Gasteiger charge is 2.63. The van der Waals surface area contributed by atoms with E-state index in [1.165, 1.54) is 24.4 Å². The number of halogens is 3. The van der Waals surface area contributed by atoms with Crippen LogP contribution in [0.15, 0.2) is 42.6 Å². The Bertz CT molecular complexity index is 748. The van der Waals surface area contributed by atoms with Gasteiger partial charge in [-0.05, 0) is 43.7 Å². The van der Waals surface area contributed by atoms with Crippen LogP contribution in [0.1, 0.15) is 11.1 Å². The van der Waals surface area contributed by atoms with Gasteiger partial charge in [0.25, 0.3) is 0 Å². The fourth-order valence-corrected chi connectivity index (χ4v) is 2.19. The fraction of sp³-hybridized carbons (Fsp3) is 0.294. The summed E-state index contributed by atoms with van der Waals surface area (Å²) in [5, 5.41) is 4.39. The third-order valence-electron chi connectivity index (χ3n) is 3.53. The van der Waals surface area contributed by atoms with Crippen molar-refractivity contribution in [2.24, 2.45) is 0 Å². The van der Waals surface area contributed by atoms with Gasteiger partial charge < -0.3 is 15.4 Å². The number of pyridine rings is 1. The van der Waals surface area contributed by atoms with Gasteiger partial charge in [-0.2, -0.15) is 13.2 Å². The highest BCUT2D eigenvalue weighted by atomic mass is 19.4. The van der Waals surface area contributed by atoms with E-state index < -0.39 is 17.8 Å². The number of carbonyl (C=O) groups is 1. The molecule has 0 spiro atoms. The number of methoxy groups -OCH3 is 1. The molecule has 1 atom stereocenters. The average Bonchev–Trinajstić information content (AvgIpc) is 2.54. The molecule has 1 aromatic heterocycles. The monoisotopic (exact) mass is 353 g/mol. The first-order valence-electron chi connectivity index (χ1n) is 7.39. The smallest absolute Gasteiger partial charge is 0.441 e. The summed E-state index contributed by atoms with van der Waals surface area (Å²) in [6, 6.07) is 9.19. The predicted molar refractivity (Wildman–Crippen MR) is 88.2 cm³/mol. The zero-order chi connectivity index (χ0) is 18.7. The minimum Gasteiger partial charge on any atom is -0.466 e. The first kappa shape index (κ1) is 18.6. The van der Waals surface area contributed by atoms with Crippen molar-refractivity contribution in [2.75, 3.05) is 17.7 Å². The molecule has 0 saturated carbocycles. The zero-order valence-electron chi connectivity index (χ0n) is 13.9. The average molecular weight is 353 g/mol. The Kier molecular flexibility index (Phi) is 5.20. The molecule has 0 saturated heterocycles. The Morgan fingerprint density at radius 2 is 1.68 bits per heavy atom. The maximum Gasteiger partial charge on any atom is 0.441 e. The number of nitrogens with zero attached hydrogens (tertiary/aromatic N) is 1. The summed E-state index contributed by atoms with van der Waals surface area (Å²) in [4.78, 5) is 16.0. The number of hydrogen-bond donors (Lipinski definition) is 2. The molecule has 0 aliphatic carbocycles. The van der Waals surface area contributed by atoms with Crippen LogP contribution in [0, 0.1) is 13.8 Å². The molecule has 0 unspecified atom stereocenters. The number of hydrogen-bond acceptors (Lipinski definition) is 5. The van der Waals surface area contributed by atoms with Gasteiger partial charge in [-0.1, -0.05) is 17.7 Å². The van der Waals surface area contributed by atoms with Crippen LogP contribution in [0.3, 0.4) is 0 Å². The summed E-state index contributed by atoms with van der Waals surface area (Å²) in [6.07, 6.45) is -3.65. The minimum absolute atomic E-state index is 0.105. The molecule has 1 aromatic carbocycles. The van der Waals surface area contributed by atoms with Crippen LogP contribution in [-0.2, 0) is 9.53 Å². The molecule has 2 rings (SSSR count). The fourth-order valence-electron chi connectivity index (χ4n) is 2.19. The van der Waals surface area contributed by atoms with Gasteiger partial charge in [0.15, 0.2) is 0 Å². The Balaban J connectivity index is 2.51. The molecule has 5 nitrogen and oxygen atoms in total. The summed E-state index contributed by atoms with van der Waals surface area (Å²) in [7, 11) is 0.894. The van der Waals surface area contributed by atoms with Gasteiger partial charge in [0.1, 0.15) is 5.82 Å². The van der Waals surface area contributed by atoms with E-state index in [9.17, 15) is 18.0 Å². The van der Waals surface area contributed by atoms with Crippen molar-refractivity contribution in [3.63, 3.8) is 0 Å². The van der Waals surface area contributed by atoms with Gasteiger partial charge in [0.2, 0.25) is 0 Å². The number of anilines is 2. The number of aromatic nitrogens is 1. The summed E-state index contributed by atoms with van der Waals surface area (Å²) in [5.74, 6) is -1.63. The Hall–Kier alpha value is -2.77. The van der Waals surface area contributed by atoms with E-state index in [-0.39, 0.29) is 11.5 Å². The first-order chi connectivity index (χ1) is 11.7. The van der Waals surface area contributed by atoms with Crippen LogP contribution in [-0.4, -0.2) is 29.9 Å². The van der Waals surface area contributed by atoms with Crippen LogP contribution in [0.25, 0.3) is 0 Å². The molecule has 0 radical (unpaired) electrons. The topological polar surface area (TPSA) is 63.2 Å². The van der Waals surface area contributed by atoms with Crippen molar-refractivity contribution in [3.8, 4) is 0 Å². The number of ether oxygens (including phenoxy) is 1. The third kappa shape index (κ3) is 4.01. The van der Waals surface area contributed by atoms with Gasteiger partial charge >= 0.3 is 17.8 Å². The molecule has 25 heavy (non-hydrogen) atoms. The van der Waals surface area contributed by atoms with E-state index in [1.54, 1.807) is 32.0 Å². The lowest BCUT2D eigenvalue weighted by molar-refractivity contribution is -0.193. The number of rotatable bonds is 5. The third-order valence-corrected chi connectivity index (χ3v) is 3.53. The second-order valence-electron chi connectivity index (χ2n) is 5.57. The molecule has 0 fully saturated rings. The number of nitrogens with one attached hydrogen (secondary N) is 2. The van der Waals surface area contributed by atoms with Gasteiger partial charge in [0.05, 0.1) is 7.11 Å². The van der Waals surface area contributed by atoms with Crippen LogP contribution in [0.5, 0.6) is 0 Å². The summed E-state index contributed by atoms with van der Waals surface area (Å²) >= 11 is 0. The SMILES string of the molecule is COC(=O)[C@@](Nc1ccc(C)cc1)(Nc1cc(C)ccn1)C(F)(F)F. The number of benzene rings is 1. The molecule has 134 valence electrons. The highest BCUT2D eigenvalue weighted by molar-refractivity contribution is 5.88. The van der Waals surface area contributed by atoms with Crippen LogP contribution in [0.4, 0.5) is 24.7 Å². The molecule has 2 aromatic rings. The normalized spacial score (nSPS) is 13.7. The van der Waals surface area contributed by atoms with E-state index in [4.69, 9.17) is 0 Å². The lowest BCUT2D eigenvalue weighted by atomic mass is 10.1. The number of carbonyl (C=O) groups excluding carboxylic acids is 1. The van der Waals surface area contributed by atoms with Gasteiger partial charge in [-0.3, -0.25) is 0 Å². The summed E-state index contributed by atoms with van der Waals surface area (Å²) in [5.41, 5.74) is -1.52. The highest BCUT2D eigenvalue weighted by Crippen LogP contribution is 2.35. The van der Waals surface area contributed by atoms with Gasteiger partial charge in [0, 0.05) is 11.9 Å². The maximum absolute atomic E-state index is 13.9. The molecular formula is C17H18F3N3O2. The Morgan fingerprint density at radius 1 is 1.04 bits per heavy atom. The van der Waals surface area contributed by atoms with Crippen molar-refractivity contribution >= 4 is 17.5 Å². The molecular weight excluding hydrogens is 335 g/mol. The van der Waals surface area contributed by atoms with Crippen molar-refractivity contribution in [1.82, 2.24) is 4.98 Å². The zero-order valence-corrected chi connectivity index (χ0v) is 13.9. The second-order valence-corrected chi connectivity index (χ2v) is 5.57. The Morgan fingerprint density at radius 3 is 2.20 bits per heavy atom. The standard InChI is InChI=1S/C17H18F3N3O2/c1-11-4-6-13(7-5-11)22-16(15(24)25-3,17(18,19)20)23-14-10-12(2)8-9-21-14/h4-10,22H,1-3H3,(H,21,23)/t16-/m1/s1. The van der Waals surface area contributed by atoms with E-state index in [0.717, 1.165) is 12.7 Å². The first-order valence-corrected chi connectivity index (χ1v) is 7.39. The molecule has 2 N–H and O–H groups in total. The number of alkyl halides is 3. The molecule has 0 amide bonds. The number of esters is 1.